The predicted molar refractivity (Wildman–Crippen MR) is 75.9 cm³/mol. The van der Waals surface area contributed by atoms with Crippen LogP contribution in [0.2, 0.25) is 0 Å². The molecule has 1 spiro atoms. The molecule has 0 bridgehead atoms. The highest BCUT2D eigenvalue weighted by Gasteiger charge is 2.42. The molecule has 1 saturated heterocycles. The lowest BCUT2D eigenvalue weighted by Gasteiger charge is -2.41. The first-order valence-electron chi connectivity index (χ1n) is 7.25. The van der Waals surface area contributed by atoms with Crippen LogP contribution in [0.5, 0.6) is 5.88 Å². The third kappa shape index (κ3) is 2.26. The molecule has 0 unspecified atom stereocenters. The molecule has 108 valence electrons. The van der Waals surface area contributed by atoms with Crippen molar-refractivity contribution >= 4 is 5.91 Å². The number of ether oxygens (including phenoxy) is 1. The van der Waals surface area contributed by atoms with Gasteiger partial charge in [-0.2, -0.15) is 0 Å². The summed E-state index contributed by atoms with van der Waals surface area (Å²) in [6, 6.07) is 3.60. The molecule has 0 aromatic carbocycles. The smallest absolute Gasteiger partial charge is 0.259 e. The number of pyridine rings is 1. The van der Waals surface area contributed by atoms with Gasteiger partial charge in [-0.15, -0.1) is 0 Å². The van der Waals surface area contributed by atoms with E-state index in [4.69, 9.17) is 4.74 Å². The van der Waals surface area contributed by atoms with E-state index in [9.17, 15) is 4.79 Å². The van der Waals surface area contributed by atoms with Gasteiger partial charge in [0.1, 0.15) is 11.2 Å². The highest BCUT2D eigenvalue weighted by atomic mass is 16.5. The van der Waals surface area contributed by atoms with Crippen LogP contribution < -0.4 is 4.74 Å². The van der Waals surface area contributed by atoms with Gasteiger partial charge in [0.2, 0.25) is 5.88 Å². The molecule has 2 aliphatic heterocycles. The van der Waals surface area contributed by atoms with Crippen molar-refractivity contribution in [3.8, 4) is 5.88 Å². The van der Waals surface area contributed by atoms with Crippen LogP contribution in [0.25, 0.3) is 0 Å². The van der Waals surface area contributed by atoms with Gasteiger partial charge in [0.25, 0.3) is 5.91 Å². The Bertz CT molecular complexity index is 510. The van der Waals surface area contributed by atoms with Crippen molar-refractivity contribution in [2.45, 2.75) is 25.4 Å². The van der Waals surface area contributed by atoms with Gasteiger partial charge in [-0.3, -0.25) is 4.79 Å². The number of hydrogen-bond acceptors (Lipinski definition) is 4. The number of piperidine rings is 1. The summed E-state index contributed by atoms with van der Waals surface area (Å²) in [5.74, 6) is 0.532. The molecule has 5 heteroatoms. The third-order valence-electron chi connectivity index (χ3n) is 4.36. The van der Waals surface area contributed by atoms with Crippen molar-refractivity contribution in [1.29, 1.82) is 0 Å². The molecule has 1 amide bonds. The first-order chi connectivity index (χ1) is 9.63. The maximum Gasteiger partial charge on any atom is 0.259 e. The maximum absolute atomic E-state index is 12.6. The number of carbonyl (C=O) groups excluding carboxylic acids is 1. The first kappa shape index (κ1) is 13.4. The van der Waals surface area contributed by atoms with E-state index in [1.807, 2.05) is 11.8 Å². The number of likely N-dealkylation sites (N-methyl/N-ethyl adjacent to an activating group) is 1. The fourth-order valence-electron chi connectivity index (χ4n) is 3.00. The molecular weight excluding hydrogens is 254 g/mol. The summed E-state index contributed by atoms with van der Waals surface area (Å²) in [5.41, 5.74) is 0.308. The van der Waals surface area contributed by atoms with Gasteiger partial charge < -0.3 is 14.5 Å². The summed E-state index contributed by atoms with van der Waals surface area (Å²) in [5, 5.41) is 0. The number of carbonyl (C=O) groups is 1. The van der Waals surface area contributed by atoms with Crippen molar-refractivity contribution in [2.24, 2.45) is 0 Å². The second kappa shape index (κ2) is 5.05. The molecule has 0 N–H and O–H groups in total. The Hall–Kier alpha value is -1.62. The van der Waals surface area contributed by atoms with Gasteiger partial charge in [-0.1, -0.05) is 0 Å². The lowest BCUT2D eigenvalue weighted by Crippen LogP contribution is -2.53. The normalized spacial score (nSPS) is 22.3. The summed E-state index contributed by atoms with van der Waals surface area (Å²) in [6.45, 7) is 5.37. The molecule has 0 atom stereocenters. The standard InChI is InChI=1S/C15H21N3O2/c1-3-18-11-15(6-9-17(2)10-7-15)20-13-12(14(18)19)5-4-8-16-13/h4-5,8H,3,6-7,9-11H2,1-2H3. The second-order valence-electron chi connectivity index (χ2n) is 5.76. The van der Waals surface area contributed by atoms with Crippen molar-refractivity contribution in [1.82, 2.24) is 14.8 Å². The van der Waals surface area contributed by atoms with Crippen LogP contribution >= 0.6 is 0 Å². The number of aromatic nitrogens is 1. The number of amides is 1. The monoisotopic (exact) mass is 275 g/mol. The molecule has 0 aliphatic carbocycles. The largest absolute Gasteiger partial charge is 0.468 e. The average Bonchev–Trinajstić information content (AvgIpc) is 2.58. The molecule has 1 aromatic heterocycles. The molecule has 0 saturated carbocycles. The Morgan fingerprint density at radius 1 is 1.40 bits per heavy atom. The topological polar surface area (TPSA) is 45.7 Å². The highest BCUT2D eigenvalue weighted by molar-refractivity contribution is 5.96. The summed E-state index contributed by atoms with van der Waals surface area (Å²) >= 11 is 0. The van der Waals surface area contributed by atoms with E-state index in [2.05, 4.69) is 16.9 Å². The number of nitrogens with zero attached hydrogens (tertiary/aromatic N) is 3. The van der Waals surface area contributed by atoms with E-state index in [1.165, 1.54) is 0 Å². The maximum atomic E-state index is 12.6. The van der Waals surface area contributed by atoms with E-state index >= 15 is 0 Å². The molecule has 3 rings (SSSR count). The average molecular weight is 275 g/mol. The Kier molecular flexibility index (Phi) is 3.38. The van der Waals surface area contributed by atoms with Gasteiger partial charge >= 0.3 is 0 Å². The van der Waals surface area contributed by atoms with Gasteiger partial charge in [0.15, 0.2) is 0 Å². The highest BCUT2D eigenvalue weighted by Crippen LogP contribution is 2.33. The van der Waals surface area contributed by atoms with Gasteiger partial charge in [0.05, 0.1) is 6.54 Å². The zero-order valence-corrected chi connectivity index (χ0v) is 12.1. The van der Waals surface area contributed by atoms with E-state index in [-0.39, 0.29) is 11.5 Å². The lowest BCUT2D eigenvalue weighted by atomic mass is 9.90. The molecule has 20 heavy (non-hydrogen) atoms. The second-order valence-corrected chi connectivity index (χ2v) is 5.76. The van der Waals surface area contributed by atoms with E-state index < -0.39 is 0 Å². The number of likely N-dealkylation sites (tertiary alicyclic amines) is 1. The zero-order chi connectivity index (χ0) is 14.2. The van der Waals surface area contributed by atoms with E-state index in [1.54, 1.807) is 18.3 Å². The molecule has 2 aliphatic rings. The summed E-state index contributed by atoms with van der Waals surface area (Å²) < 4.78 is 6.24. The molecule has 1 aromatic rings. The number of hydrogen-bond donors (Lipinski definition) is 0. The van der Waals surface area contributed by atoms with Gasteiger partial charge in [-0.05, 0) is 26.1 Å². The number of fused-ring (bicyclic) bond motifs is 1. The fraction of sp³-hybridized carbons (Fsp3) is 0.600. The summed E-state index contributed by atoms with van der Waals surface area (Å²) in [6.07, 6.45) is 3.56. The van der Waals surface area contributed by atoms with Crippen LogP contribution in [0.1, 0.15) is 30.1 Å². The minimum absolute atomic E-state index is 0.0337. The zero-order valence-electron chi connectivity index (χ0n) is 12.1. The minimum atomic E-state index is -0.280. The van der Waals surface area contributed by atoms with Crippen molar-refractivity contribution < 1.29 is 9.53 Å². The molecular formula is C15H21N3O2. The fourth-order valence-corrected chi connectivity index (χ4v) is 3.00. The van der Waals surface area contributed by atoms with Crippen LogP contribution in [0.3, 0.4) is 0 Å². The Morgan fingerprint density at radius 3 is 2.85 bits per heavy atom. The van der Waals surface area contributed by atoms with Crippen molar-refractivity contribution in [2.75, 3.05) is 33.2 Å². The Morgan fingerprint density at radius 2 is 2.15 bits per heavy atom. The molecule has 0 radical (unpaired) electrons. The quantitative estimate of drug-likeness (QED) is 0.777. The van der Waals surface area contributed by atoms with Crippen LogP contribution in [0.15, 0.2) is 18.3 Å². The first-order valence-corrected chi connectivity index (χ1v) is 7.25. The van der Waals surface area contributed by atoms with Gasteiger partial charge in [0, 0.05) is 38.7 Å². The minimum Gasteiger partial charge on any atom is -0.468 e. The van der Waals surface area contributed by atoms with E-state index in [0.29, 0.717) is 24.5 Å². The predicted octanol–water partition coefficient (Wildman–Crippen LogP) is 1.40. The number of rotatable bonds is 1. The van der Waals surface area contributed by atoms with Crippen LogP contribution in [-0.2, 0) is 0 Å². The van der Waals surface area contributed by atoms with Crippen molar-refractivity contribution in [3.05, 3.63) is 23.9 Å². The summed E-state index contributed by atoms with van der Waals surface area (Å²) in [7, 11) is 2.12. The summed E-state index contributed by atoms with van der Waals surface area (Å²) in [4.78, 5) is 21.0. The van der Waals surface area contributed by atoms with Crippen molar-refractivity contribution in [3.63, 3.8) is 0 Å². The molecule has 3 heterocycles. The van der Waals surface area contributed by atoms with Crippen LogP contribution in [0.4, 0.5) is 0 Å². The lowest BCUT2D eigenvalue weighted by molar-refractivity contribution is -0.0119. The van der Waals surface area contributed by atoms with E-state index in [0.717, 1.165) is 25.9 Å². The molecule has 5 nitrogen and oxygen atoms in total. The van der Waals surface area contributed by atoms with Crippen LogP contribution in [0, 0.1) is 0 Å². The Labute approximate surface area is 119 Å². The third-order valence-corrected chi connectivity index (χ3v) is 4.36. The Balaban J connectivity index is 1.98. The van der Waals surface area contributed by atoms with Gasteiger partial charge in [-0.25, -0.2) is 4.98 Å². The molecule has 1 fully saturated rings. The SMILES string of the molecule is CCN1CC2(CCN(C)CC2)Oc2ncccc2C1=O. The van der Waals surface area contributed by atoms with Crippen LogP contribution in [-0.4, -0.2) is 59.5 Å².